The maximum Gasteiger partial charge on any atom is 0.201 e. The lowest BCUT2D eigenvalue weighted by atomic mass is 10.1. The lowest BCUT2D eigenvalue weighted by molar-refractivity contribution is 0.126. The number of nitrogen functional groups attached to an aromatic ring is 1. The summed E-state index contributed by atoms with van der Waals surface area (Å²) < 4.78 is 5.50. The molecule has 0 saturated carbocycles. The SMILES string of the molecule is CCOCC(Nc1nc2ccc(N)cc2[nH]1)C(C)C. The highest BCUT2D eigenvalue weighted by atomic mass is 16.5. The number of hydrogen-bond donors (Lipinski definition) is 3. The van der Waals surface area contributed by atoms with E-state index >= 15 is 0 Å². The van der Waals surface area contributed by atoms with Crippen molar-refractivity contribution < 1.29 is 4.74 Å². The van der Waals surface area contributed by atoms with Crippen LogP contribution in [0, 0.1) is 5.92 Å². The highest BCUT2D eigenvalue weighted by Crippen LogP contribution is 2.18. The molecule has 2 aromatic rings. The molecular formula is C14H22N4O. The van der Waals surface area contributed by atoms with Crippen molar-refractivity contribution in [2.75, 3.05) is 24.3 Å². The van der Waals surface area contributed by atoms with Gasteiger partial charge in [0.15, 0.2) is 0 Å². The molecule has 2 rings (SSSR count). The van der Waals surface area contributed by atoms with Crippen LogP contribution in [-0.4, -0.2) is 29.2 Å². The summed E-state index contributed by atoms with van der Waals surface area (Å²) in [4.78, 5) is 7.75. The van der Waals surface area contributed by atoms with Crippen LogP contribution in [0.15, 0.2) is 18.2 Å². The second kappa shape index (κ2) is 5.93. The number of aromatic amines is 1. The van der Waals surface area contributed by atoms with Crippen LogP contribution in [0.5, 0.6) is 0 Å². The zero-order valence-corrected chi connectivity index (χ0v) is 11.7. The zero-order valence-electron chi connectivity index (χ0n) is 11.7. The van der Waals surface area contributed by atoms with E-state index in [4.69, 9.17) is 10.5 Å². The first-order valence-electron chi connectivity index (χ1n) is 6.69. The van der Waals surface area contributed by atoms with Gasteiger partial charge in [0.2, 0.25) is 5.95 Å². The lowest BCUT2D eigenvalue weighted by Crippen LogP contribution is -2.31. The van der Waals surface area contributed by atoms with Crippen LogP contribution in [0.2, 0.25) is 0 Å². The number of anilines is 2. The molecule has 0 spiro atoms. The number of imidazole rings is 1. The fourth-order valence-corrected chi connectivity index (χ4v) is 1.92. The Balaban J connectivity index is 2.14. The van der Waals surface area contributed by atoms with E-state index in [0.29, 0.717) is 12.5 Å². The maximum atomic E-state index is 5.76. The molecular weight excluding hydrogens is 240 g/mol. The van der Waals surface area contributed by atoms with E-state index in [-0.39, 0.29) is 6.04 Å². The molecule has 0 aliphatic heterocycles. The number of nitrogens with one attached hydrogen (secondary N) is 2. The van der Waals surface area contributed by atoms with E-state index < -0.39 is 0 Å². The molecule has 0 bridgehead atoms. The van der Waals surface area contributed by atoms with Crippen LogP contribution in [0.4, 0.5) is 11.6 Å². The molecule has 0 aliphatic carbocycles. The van der Waals surface area contributed by atoms with Crippen molar-refractivity contribution in [2.45, 2.75) is 26.8 Å². The zero-order chi connectivity index (χ0) is 13.8. The summed E-state index contributed by atoms with van der Waals surface area (Å²) in [5.41, 5.74) is 8.35. The predicted octanol–water partition coefficient (Wildman–Crippen LogP) is 2.62. The molecule has 0 amide bonds. The standard InChI is InChI=1S/C14H22N4O/c1-4-19-8-13(9(2)3)18-14-16-11-6-5-10(15)7-12(11)17-14/h5-7,9,13H,4,8,15H2,1-3H3,(H2,16,17,18). The van der Waals surface area contributed by atoms with Gasteiger partial charge in [-0.3, -0.25) is 0 Å². The summed E-state index contributed by atoms with van der Waals surface area (Å²) in [6.07, 6.45) is 0. The first-order valence-corrected chi connectivity index (χ1v) is 6.69. The highest BCUT2D eigenvalue weighted by Gasteiger charge is 2.15. The Morgan fingerprint density at radius 1 is 1.42 bits per heavy atom. The Kier molecular flexibility index (Phi) is 4.27. The summed E-state index contributed by atoms with van der Waals surface area (Å²) in [7, 11) is 0. The van der Waals surface area contributed by atoms with E-state index in [1.54, 1.807) is 0 Å². The average molecular weight is 262 g/mol. The van der Waals surface area contributed by atoms with Crippen molar-refractivity contribution in [3.05, 3.63) is 18.2 Å². The Bertz CT molecular complexity index is 535. The van der Waals surface area contributed by atoms with Gasteiger partial charge < -0.3 is 20.8 Å². The molecule has 1 aromatic heterocycles. The first kappa shape index (κ1) is 13.7. The van der Waals surface area contributed by atoms with Crippen molar-refractivity contribution in [3.63, 3.8) is 0 Å². The normalized spacial score (nSPS) is 13.1. The second-order valence-electron chi connectivity index (χ2n) is 5.02. The van der Waals surface area contributed by atoms with E-state index in [1.807, 2.05) is 25.1 Å². The summed E-state index contributed by atoms with van der Waals surface area (Å²) in [5.74, 6) is 1.23. The fraction of sp³-hybridized carbons (Fsp3) is 0.500. The largest absolute Gasteiger partial charge is 0.399 e. The number of rotatable bonds is 6. The lowest BCUT2D eigenvalue weighted by Gasteiger charge is -2.21. The smallest absolute Gasteiger partial charge is 0.201 e. The number of nitrogens with two attached hydrogens (primary N) is 1. The predicted molar refractivity (Wildman–Crippen MR) is 79.2 cm³/mol. The van der Waals surface area contributed by atoms with Gasteiger partial charge in [-0.05, 0) is 31.0 Å². The third kappa shape index (κ3) is 3.38. The number of hydrogen-bond acceptors (Lipinski definition) is 4. The highest BCUT2D eigenvalue weighted by molar-refractivity contribution is 5.80. The molecule has 104 valence electrons. The van der Waals surface area contributed by atoms with Gasteiger partial charge in [0.05, 0.1) is 23.7 Å². The average Bonchev–Trinajstić information content (AvgIpc) is 2.75. The van der Waals surface area contributed by atoms with Crippen molar-refractivity contribution in [2.24, 2.45) is 5.92 Å². The number of H-pyrrole nitrogens is 1. The van der Waals surface area contributed by atoms with E-state index in [0.717, 1.165) is 29.3 Å². The van der Waals surface area contributed by atoms with Crippen molar-refractivity contribution in [3.8, 4) is 0 Å². The molecule has 0 radical (unpaired) electrons. The third-order valence-corrected chi connectivity index (χ3v) is 3.13. The molecule has 1 unspecified atom stereocenters. The number of fused-ring (bicyclic) bond motifs is 1. The summed E-state index contributed by atoms with van der Waals surface area (Å²) >= 11 is 0. The molecule has 19 heavy (non-hydrogen) atoms. The second-order valence-corrected chi connectivity index (χ2v) is 5.02. The molecule has 0 saturated heterocycles. The summed E-state index contributed by atoms with van der Waals surface area (Å²) in [5, 5.41) is 3.39. The van der Waals surface area contributed by atoms with Crippen molar-refractivity contribution >= 4 is 22.7 Å². The number of benzene rings is 1. The van der Waals surface area contributed by atoms with Crippen LogP contribution in [0.1, 0.15) is 20.8 Å². The summed E-state index contributed by atoms with van der Waals surface area (Å²) in [6, 6.07) is 5.89. The molecule has 4 N–H and O–H groups in total. The number of ether oxygens (including phenoxy) is 1. The van der Waals surface area contributed by atoms with Gasteiger partial charge >= 0.3 is 0 Å². The van der Waals surface area contributed by atoms with Gasteiger partial charge in [-0.1, -0.05) is 13.8 Å². The van der Waals surface area contributed by atoms with E-state index in [9.17, 15) is 0 Å². The Morgan fingerprint density at radius 2 is 2.21 bits per heavy atom. The van der Waals surface area contributed by atoms with E-state index in [2.05, 4.69) is 29.1 Å². The fourth-order valence-electron chi connectivity index (χ4n) is 1.92. The van der Waals surface area contributed by atoms with E-state index in [1.165, 1.54) is 0 Å². The minimum Gasteiger partial charge on any atom is -0.399 e. The van der Waals surface area contributed by atoms with Crippen molar-refractivity contribution in [1.82, 2.24) is 9.97 Å². The summed E-state index contributed by atoms with van der Waals surface area (Å²) in [6.45, 7) is 7.73. The van der Waals surface area contributed by atoms with Gasteiger partial charge in [-0.15, -0.1) is 0 Å². The number of aromatic nitrogens is 2. The van der Waals surface area contributed by atoms with Crippen LogP contribution in [0.3, 0.4) is 0 Å². The Morgan fingerprint density at radius 3 is 2.89 bits per heavy atom. The Labute approximate surface area is 113 Å². The third-order valence-electron chi connectivity index (χ3n) is 3.13. The molecule has 0 aliphatic rings. The molecule has 0 fully saturated rings. The monoisotopic (exact) mass is 262 g/mol. The first-order chi connectivity index (χ1) is 9.10. The molecule has 1 atom stereocenters. The molecule has 1 aromatic carbocycles. The van der Waals surface area contributed by atoms with Crippen LogP contribution < -0.4 is 11.1 Å². The van der Waals surface area contributed by atoms with Crippen LogP contribution in [0.25, 0.3) is 11.0 Å². The Hall–Kier alpha value is -1.75. The van der Waals surface area contributed by atoms with Crippen LogP contribution in [-0.2, 0) is 4.74 Å². The van der Waals surface area contributed by atoms with Gasteiger partial charge in [-0.2, -0.15) is 0 Å². The maximum absolute atomic E-state index is 5.76. The van der Waals surface area contributed by atoms with Gasteiger partial charge in [0.1, 0.15) is 0 Å². The molecule has 5 heteroatoms. The van der Waals surface area contributed by atoms with Gasteiger partial charge in [-0.25, -0.2) is 4.98 Å². The number of nitrogens with zero attached hydrogens (tertiary/aromatic N) is 1. The van der Waals surface area contributed by atoms with Crippen LogP contribution >= 0.6 is 0 Å². The molecule has 5 nitrogen and oxygen atoms in total. The van der Waals surface area contributed by atoms with Crippen molar-refractivity contribution in [1.29, 1.82) is 0 Å². The van der Waals surface area contributed by atoms with Gasteiger partial charge in [0.25, 0.3) is 0 Å². The molecule has 1 heterocycles. The topological polar surface area (TPSA) is 76.0 Å². The van der Waals surface area contributed by atoms with Gasteiger partial charge in [0, 0.05) is 12.3 Å². The minimum atomic E-state index is 0.234. The quantitative estimate of drug-likeness (QED) is 0.699. The minimum absolute atomic E-state index is 0.234.